The molecule has 1 aliphatic carbocycles. The molecular formula is C33H33Cl2F2N3O6S. The first kappa shape index (κ1) is 34.9. The lowest BCUT2D eigenvalue weighted by molar-refractivity contribution is -0.151. The molecule has 1 aromatic heterocycles. The Kier molecular flexibility index (Phi) is 11.6. The second-order valence-corrected chi connectivity index (χ2v) is 13.5. The van der Waals surface area contributed by atoms with Crippen LogP contribution in [0.25, 0.3) is 0 Å². The molecular weight excluding hydrogens is 675 g/mol. The van der Waals surface area contributed by atoms with E-state index in [1.807, 2.05) is 0 Å². The van der Waals surface area contributed by atoms with Gasteiger partial charge in [-0.2, -0.15) is 8.78 Å². The van der Waals surface area contributed by atoms with Crippen LogP contribution < -0.4 is 9.47 Å². The number of alkyl halides is 2. The van der Waals surface area contributed by atoms with Gasteiger partial charge in [-0.1, -0.05) is 41.4 Å². The van der Waals surface area contributed by atoms with E-state index in [1.54, 1.807) is 43.3 Å². The number of pyridine rings is 1. The van der Waals surface area contributed by atoms with Crippen molar-refractivity contribution in [2.45, 2.75) is 37.4 Å². The van der Waals surface area contributed by atoms with Crippen molar-refractivity contribution in [1.29, 1.82) is 0 Å². The lowest BCUT2D eigenvalue weighted by atomic mass is 10.0. The average Bonchev–Trinajstić information content (AvgIpc) is 3.76. The highest BCUT2D eigenvalue weighted by Gasteiger charge is 2.36. The maximum atomic E-state index is 13.8. The number of carbonyl (C=O) groups excluding carboxylic acids is 3. The summed E-state index contributed by atoms with van der Waals surface area (Å²) in [5.41, 5.74) is 1.66. The van der Waals surface area contributed by atoms with Crippen molar-refractivity contribution in [2.24, 2.45) is 5.92 Å². The molecule has 1 saturated carbocycles. The lowest BCUT2D eigenvalue weighted by Crippen LogP contribution is -2.39. The predicted octanol–water partition coefficient (Wildman–Crippen LogP) is 6.57. The SMILES string of the molecule is CN(C)C(=O)c1cccc(C(=O)CN2CCSC2C(=O)OC(Cc2c(Cl)cncc2Cl)c2ccc(OC(F)F)c(OCC3CC3)c2)c1. The number of amides is 1. The minimum atomic E-state index is -3.06. The molecule has 0 radical (unpaired) electrons. The fourth-order valence-electron chi connectivity index (χ4n) is 5.01. The maximum absolute atomic E-state index is 13.8. The Bertz CT molecular complexity index is 1610. The second-order valence-electron chi connectivity index (χ2n) is 11.4. The number of hydrogen-bond acceptors (Lipinski definition) is 9. The summed E-state index contributed by atoms with van der Waals surface area (Å²) in [6, 6.07) is 10.9. The molecule has 1 saturated heterocycles. The van der Waals surface area contributed by atoms with E-state index in [-0.39, 0.29) is 46.2 Å². The largest absolute Gasteiger partial charge is 0.489 e. The molecule has 5 rings (SSSR count). The predicted molar refractivity (Wildman–Crippen MR) is 175 cm³/mol. The number of rotatable bonds is 14. The molecule has 9 nitrogen and oxygen atoms in total. The van der Waals surface area contributed by atoms with E-state index in [9.17, 15) is 23.2 Å². The molecule has 2 atom stereocenters. The van der Waals surface area contributed by atoms with Gasteiger partial charge in [-0.15, -0.1) is 11.8 Å². The number of hydrogen-bond donors (Lipinski definition) is 0. The third kappa shape index (κ3) is 9.13. The van der Waals surface area contributed by atoms with Gasteiger partial charge in [-0.3, -0.25) is 19.5 Å². The molecule has 1 amide bonds. The van der Waals surface area contributed by atoms with Crippen LogP contribution in [0.5, 0.6) is 11.5 Å². The van der Waals surface area contributed by atoms with Gasteiger partial charge in [0.15, 0.2) is 22.7 Å². The monoisotopic (exact) mass is 707 g/mol. The number of halogens is 4. The van der Waals surface area contributed by atoms with Crippen LogP contribution in [0.3, 0.4) is 0 Å². The van der Waals surface area contributed by atoms with Gasteiger partial charge in [-0.25, -0.2) is 4.79 Å². The Balaban J connectivity index is 1.38. The molecule has 1 aliphatic heterocycles. The molecule has 2 heterocycles. The summed E-state index contributed by atoms with van der Waals surface area (Å²) >= 11 is 14.2. The van der Waals surface area contributed by atoms with Crippen LogP contribution in [0, 0.1) is 5.92 Å². The Morgan fingerprint density at radius 1 is 1.04 bits per heavy atom. The fraction of sp³-hybridized carbons (Fsp3) is 0.394. The van der Waals surface area contributed by atoms with E-state index in [0.717, 1.165) is 12.8 Å². The number of carbonyl (C=O) groups is 3. The Labute approximate surface area is 285 Å². The average molecular weight is 709 g/mol. The van der Waals surface area contributed by atoms with Crippen LogP contribution in [0.1, 0.15) is 50.8 Å². The normalized spacial score (nSPS) is 17.0. The molecule has 3 aromatic rings. The highest BCUT2D eigenvalue weighted by molar-refractivity contribution is 8.00. The summed E-state index contributed by atoms with van der Waals surface area (Å²) in [4.78, 5) is 46.6. The minimum absolute atomic E-state index is 0.0477. The number of esters is 1. The maximum Gasteiger partial charge on any atom is 0.387 e. The van der Waals surface area contributed by atoms with E-state index < -0.39 is 24.1 Å². The van der Waals surface area contributed by atoms with E-state index in [2.05, 4.69) is 4.98 Å². The highest BCUT2D eigenvalue weighted by atomic mass is 35.5. The summed E-state index contributed by atoms with van der Waals surface area (Å²) in [5, 5.41) is -0.277. The summed E-state index contributed by atoms with van der Waals surface area (Å²) in [5.74, 6) is -0.202. The van der Waals surface area contributed by atoms with Crippen molar-refractivity contribution in [3.8, 4) is 11.5 Å². The topological polar surface area (TPSA) is 98.3 Å². The fourth-order valence-corrected chi connectivity index (χ4v) is 6.68. The van der Waals surface area contributed by atoms with Crippen LogP contribution in [-0.4, -0.2) is 84.0 Å². The van der Waals surface area contributed by atoms with E-state index in [1.165, 1.54) is 47.3 Å². The first-order valence-electron chi connectivity index (χ1n) is 14.9. The Morgan fingerprint density at radius 3 is 2.45 bits per heavy atom. The molecule has 2 aromatic carbocycles. The number of nitrogens with zero attached hydrogens (tertiary/aromatic N) is 3. The van der Waals surface area contributed by atoms with Gasteiger partial charge in [0.1, 0.15) is 6.10 Å². The van der Waals surface area contributed by atoms with Crippen LogP contribution in [-0.2, 0) is 16.0 Å². The van der Waals surface area contributed by atoms with Crippen molar-refractivity contribution in [3.05, 3.63) is 87.2 Å². The van der Waals surface area contributed by atoms with Gasteiger partial charge in [-0.05, 0) is 54.2 Å². The van der Waals surface area contributed by atoms with E-state index >= 15 is 0 Å². The molecule has 0 N–H and O–H groups in total. The number of Topliss-reactive ketones (excluding diaryl/α,β-unsaturated/α-hetero) is 1. The Hall–Kier alpha value is -3.45. The van der Waals surface area contributed by atoms with Gasteiger partial charge in [0.2, 0.25) is 0 Å². The van der Waals surface area contributed by atoms with Crippen molar-refractivity contribution in [2.75, 3.05) is 39.5 Å². The number of ketones is 1. The van der Waals surface area contributed by atoms with Gasteiger partial charge in [0, 0.05) is 56.3 Å². The van der Waals surface area contributed by atoms with E-state index in [0.29, 0.717) is 47.1 Å². The molecule has 2 unspecified atom stereocenters. The van der Waals surface area contributed by atoms with Gasteiger partial charge in [0.25, 0.3) is 5.91 Å². The number of benzene rings is 2. The zero-order valence-corrected chi connectivity index (χ0v) is 28.0. The molecule has 0 bridgehead atoms. The summed E-state index contributed by atoms with van der Waals surface area (Å²) in [7, 11) is 3.26. The van der Waals surface area contributed by atoms with Crippen molar-refractivity contribution < 1.29 is 37.4 Å². The lowest BCUT2D eigenvalue weighted by Gasteiger charge is -2.26. The Morgan fingerprint density at radius 2 is 1.77 bits per heavy atom. The summed E-state index contributed by atoms with van der Waals surface area (Å²) < 4.78 is 43.0. The van der Waals surface area contributed by atoms with Crippen LogP contribution in [0.4, 0.5) is 8.78 Å². The molecule has 47 heavy (non-hydrogen) atoms. The van der Waals surface area contributed by atoms with Crippen LogP contribution in [0.15, 0.2) is 54.9 Å². The first-order valence-corrected chi connectivity index (χ1v) is 16.7. The van der Waals surface area contributed by atoms with Gasteiger partial charge >= 0.3 is 12.6 Å². The molecule has 14 heteroatoms. The van der Waals surface area contributed by atoms with Crippen LogP contribution in [0.2, 0.25) is 10.0 Å². The minimum Gasteiger partial charge on any atom is -0.489 e. The van der Waals surface area contributed by atoms with Crippen molar-refractivity contribution in [1.82, 2.24) is 14.8 Å². The molecule has 2 fully saturated rings. The smallest absolute Gasteiger partial charge is 0.387 e. The first-order chi connectivity index (χ1) is 22.5. The molecule has 2 aliphatic rings. The highest BCUT2D eigenvalue weighted by Crippen LogP contribution is 2.38. The van der Waals surface area contributed by atoms with Gasteiger partial charge in [0.05, 0.1) is 23.2 Å². The van der Waals surface area contributed by atoms with Crippen molar-refractivity contribution >= 4 is 52.6 Å². The van der Waals surface area contributed by atoms with Gasteiger partial charge < -0.3 is 19.1 Å². The number of ether oxygens (including phenoxy) is 3. The molecule has 250 valence electrons. The van der Waals surface area contributed by atoms with Crippen molar-refractivity contribution in [3.63, 3.8) is 0 Å². The zero-order valence-electron chi connectivity index (χ0n) is 25.7. The quantitative estimate of drug-likeness (QED) is 0.136. The second kappa shape index (κ2) is 15.6. The molecule has 0 spiro atoms. The number of aromatic nitrogens is 1. The third-order valence-corrected chi connectivity index (χ3v) is 9.58. The zero-order chi connectivity index (χ0) is 33.7. The standard InChI is InChI=1S/C33H33Cl2F2N3O6S/c1-39(2)30(42)22-5-3-4-20(12-22)26(41)17-40-10-11-47-31(40)32(43)45-28(14-23-24(34)15-38-16-25(23)35)21-8-9-27(46-33(36)37)29(13-21)44-18-19-6-7-19/h3-5,8-9,12-13,15-16,19,28,31,33H,6-7,10-11,14,17-18H2,1-2H3. The van der Waals surface area contributed by atoms with E-state index in [4.69, 9.17) is 37.4 Å². The third-order valence-electron chi connectivity index (χ3n) is 7.70. The summed E-state index contributed by atoms with van der Waals surface area (Å²) in [6.07, 6.45) is 3.91. The summed E-state index contributed by atoms with van der Waals surface area (Å²) in [6.45, 7) is -2.34. The van der Waals surface area contributed by atoms with Crippen LogP contribution >= 0.6 is 35.0 Å². The number of thioether (sulfide) groups is 1.